The lowest BCUT2D eigenvalue weighted by Gasteiger charge is -2.08. The van der Waals surface area contributed by atoms with Gasteiger partial charge in [0.2, 0.25) is 0 Å². The molecule has 0 saturated carbocycles. The summed E-state index contributed by atoms with van der Waals surface area (Å²) in [6.07, 6.45) is 0. The average molecular weight is 374 g/mol. The highest BCUT2D eigenvalue weighted by Crippen LogP contribution is 2.34. The summed E-state index contributed by atoms with van der Waals surface area (Å²) in [5.41, 5.74) is 1.28. The molecular weight excluding hydrogens is 356 g/mol. The SMILES string of the molecule is COc1ccc(S(=O)(=O)n2nc(C)c(Sc3ccccc3)c2C)cc1. The monoisotopic (exact) mass is 374 g/mol. The summed E-state index contributed by atoms with van der Waals surface area (Å²) < 4.78 is 32.0. The first-order valence-corrected chi connectivity index (χ1v) is 9.88. The van der Waals surface area contributed by atoms with Crippen molar-refractivity contribution in [2.75, 3.05) is 7.11 Å². The van der Waals surface area contributed by atoms with Crippen LogP contribution in [0.25, 0.3) is 0 Å². The van der Waals surface area contributed by atoms with Gasteiger partial charge in [-0.25, -0.2) is 0 Å². The molecule has 0 aliphatic carbocycles. The lowest BCUT2D eigenvalue weighted by atomic mass is 10.3. The van der Waals surface area contributed by atoms with Crippen LogP contribution in [0.2, 0.25) is 0 Å². The van der Waals surface area contributed by atoms with Crippen molar-refractivity contribution in [1.82, 2.24) is 9.19 Å². The Morgan fingerprint density at radius 1 is 1.00 bits per heavy atom. The highest BCUT2D eigenvalue weighted by Gasteiger charge is 2.24. The number of aromatic nitrogens is 2. The highest BCUT2D eigenvalue weighted by molar-refractivity contribution is 7.99. The van der Waals surface area contributed by atoms with Gasteiger partial charge < -0.3 is 4.74 Å². The first kappa shape index (κ1) is 17.6. The standard InChI is InChI=1S/C18H18N2O3S2/c1-13-18(24-16-7-5-4-6-8-16)14(2)20(19-13)25(21,22)17-11-9-15(23-3)10-12-17/h4-12H,1-3H3. The van der Waals surface area contributed by atoms with E-state index in [1.54, 1.807) is 19.1 Å². The summed E-state index contributed by atoms with van der Waals surface area (Å²) in [7, 11) is -2.21. The number of aryl methyl sites for hydroxylation is 1. The number of rotatable bonds is 5. The van der Waals surface area contributed by atoms with Crippen LogP contribution in [0.15, 0.2) is 69.3 Å². The van der Waals surface area contributed by atoms with Crippen LogP contribution in [-0.2, 0) is 10.0 Å². The second-order valence-corrected chi connectivity index (χ2v) is 8.29. The van der Waals surface area contributed by atoms with Gasteiger partial charge in [-0.15, -0.1) is 0 Å². The number of hydrogen-bond donors (Lipinski definition) is 0. The Hall–Kier alpha value is -2.25. The van der Waals surface area contributed by atoms with E-state index in [1.165, 1.54) is 31.0 Å². The molecule has 2 aromatic carbocycles. The molecule has 1 aromatic heterocycles. The summed E-state index contributed by atoms with van der Waals surface area (Å²) in [4.78, 5) is 2.06. The van der Waals surface area contributed by atoms with Gasteiger partial charge in [0, 0.05) is 4.90 Å². The molecule has 0 saturated heterocycles. The summed E-state index contributed by atoms with van der Waals surface area (Å²) >= 11 is 1.51. The molecule has 5 nitrogen and oxygen atoms in total. The van der Waals surface area contributed by atoms with E-state index in [1.807, 2.05) is 37.3 Å². The zero-order valence-electron chi connectivity index (χ0n) is 14.1. The third kappa shape index (κ3) is 3.43. The van der Waals surface area contributed by atoms with Gasteiger partial charge in [-0.1, -0.05) is 30.0 Å². The molecule has 3 rings (SSSR count). The lowest BCUT2D eigenvalue weighted by molar-refractivity contribution is 0.414. The van der Waals surface area contributed by atoms with Crippen LogP contribution in [0.5, 0.6) is 5.75 Å². The summed E-state index contributed by atoms with van der Waals surface area (Å²) in [6.45, 7) is 3.59. The van der Waals surface area contributed by atoms with E-state index in [4.69, 9.17) is 4.74 Å². The van der Waals surface area contributed by atoms with Crippen molar-refractivity contribution >= 4 is 21.8 Å². The highest BCUT2D eigenvalue weighted by atomic mass is 32.2. The first-order valence-electron chi connectivity index (χ1n) is 7.62. The van der Waals surface area contributed by atoms with Gasteiger partial charge in [-0.2, -0.15) is 17.6 Å². The minimum absolute atomic E-state index is 0.176. The number of hydrogen-bond acceptors (Lipinski definition) is 5. The number of ether oxygens (including phenoxy) is 1. The van der Waals surface area contributed by atoms with Crippen LogP contribution in [0.3, 0.4) is 0 Å². The van der Waals surface area contributed by atoms with E-state index in [0.717, 1.165) is 13.9 Å². The fourth-order valence-corrected chi connectivity index (χ4v) is 4.81. The van der Waals surface area contributed by atoms with Gasteiger partial charge in [0.05, 0.1) is 28.3 Å². The lowest BCUT2D eigenvalue weighted by Crippen LogP contribution is -2.16. The van der Waals surface area contributed by atoms with Crippen LogP contribution in [0.4, 0.5) is 0 Å². The Labute approximate surface area is 151 Å². The number of nitrogens with zero attached hydrogens (tertiary/aromatic N) is 2. The minimum Gasteiger partial charge on any atom is -0.497 e. The average Bonchev–Trinajstić information content (AvgIpc) is 2.91. The van der Waals surface area contributed by atoms with Gasteiger partial charge in [0.25, 0.3) is 10.0 Å². The third-order valence-corrected chi connectivity index (χ3v) is 6.71. The molecule has 7 heteroatoms. The summed E-state index contributed by atoms with van der Waals surface area (Å²) in [5.74, 6) is 0.604. The van der Waals surface area contributed by atoms with Crippen LogP contribution in [0.1, 0.15) is 11.4 Å². The fourth-order valence-electron chi connectivity index (χ4n) is 2.44. The maximum absolute atomic E-state index is 12.9. The van der Waals surface area contributed by atoms with Gasteiger partial charge in [0.1, 0.15) is 5.75 Å². The quantitative estimate of drug-likeness (QED) is 0.678. The molecule has 1 heterocycles. The molecule has 0 bridgehead atoms. The van der Waals surface area contributed by atoms with Crippen molar-refractivity contribution in [3.8, 4) is 5.75 Å². The van der Waals surface area contributed by atoms with Crippen molar-refractivity contribution in [3.05, 3.63) is 66.0 Å². The Morgan fingerprint density at radius 3 is 2.24 bits per heavy atom. The van der Waals surface area contributed by atoms with E-state index < -0.39 is 10.0 Å². The molecule has 0 unspecified atom stereocenters. The zero-order valence-corrected chi connectivity index (χ0v) is 15.8. The Bertz CT molecular complexity index is 979. The molecule has 130 valence electrons. The predicted molar refractivity (Wildman–Crippen MR) is 97.8 cm³/mol. The number of benzene rings is 2. The molecule has 0 fully saturated rings. The molecule has 0 atom stereocenters. The van der Waals surface area contributed by atoms with Crippen molar-refractivity contribution in [2.24, 2.45) is 0 Å². The Kier molecular flexibility index (Phi) is 4.87. The van der Waals surface area contributed by atoms with Crippen molar-refractivity contribution in [3.63, 3.8) is 0 Å². The van der Waals surface area contributed by atoms with Crippen LogP contribution in [0, 0.1) is 13.8 Å². The molecule has 25 heavy (non-hydrogen) atoms. The maximum atomic E-state index is 12.9. The van der Waals surface area contributed by atoms with Crippen molar-refractivity contribution < 1.29 is 13.2 Å². The smallest absolute Gasteiger partial charge is 0.283 e. The first-order chi connectivity index (χ1) is 11.9. The summed E-state index contributed by atoms with van der Waals surface area (Å²) in [6, 6.07) is 16.1. The molecule has 0 radical (unpaired) electrons. The topological polar surface area (TPSA) is 61.2 Å². The normalized spacial score (nSPS) is 11.5. The van der Waals surface area contributed by atoms with E-state index in [-0.39, 0.29) is 4.90 Å². The molecule has 0 N–H and O–H groups in total. The van der Waals surface area contributed by atoms with Crippen LogP contribution < -0.4 is 4.74 Å². The second kappa shape index (κ2) is 6.93. The molecule has 0 aliphatic rings. The van der Waals surface area contributed by atoms with Crippen LogP contribution in [-0.4, -0.2) is 24.7 Å². The second-order valence-electron chi connectivity index (χ2n) is 5.44. The largest absolute Gasteiger partial charge is 0.497 e. The van der Waals surface area contributed by atoms with Gasteiger partial charge in [0.15, 0.2) is 0 Å². The minimum atomic E-state index is -3.75. The Balaban J connectivity index is 2.01. The Morgan fingerprint density at radius 2 is 1.64 bits per heavy atom. The predicted octanol–water partition coefficient (Wildman–Crippen LogP) is 3.90. The van der Waals surface area contributed by atoms with E-state index in [0.29, 0.717) is 17.1 Å². The molecule has 0 aliphatic heterocycles. The van der Waals surface area contributed by atoms with E-state index >= 15 is 0 Å². The van der Waals surface area contributed by atoms with Gasteiger partial charge in [-0.3, -0.25) is 0 Å². The van der Waals surface area contributed by atoms with Crippen molar-refractivity contribution in [1.29, 1.82) is 0 Å². The fraction of sp³-hybridized carbons (Fsp3) is 0.167. The van der Waals surface area contributed by atoms with Crippen molar-refractivity contribution in [2.45, 2.75) is 28.5 Å². The molecular formula is C18H18N2O3S2. The maximum Gasteiger partial charge on any atom is 0.283 e. The van der Waals surface area contributed by atoms with E-state index in [2.05, 4.69) is 5.10 Å². The van der Waals surface area contributed by atoms with Crippen LogP contribution >= 0.6 is 11.8 Å². The number of methoxy groups -OCH3 is 1. The van der Waals surface area contributed by atoms with Gasteiger partial charge >= 0.3 is 0 Å². The molecule has 3 aromatic rings. The zero-order chi connectivity index (χ0) is 18.0. The van der Waals surface area contributed by atoms with Gasteiger partial charge in [-0.05, 0) is 50.2 Å². The molecule has 0 spiro atoms. The molecule has 0 amide bonds. The summed E-state index contributed by atoms with van der Waals surface area (Å²) in [5, 5.41) is 4.27. The third-order valence-electron chi connectivity index (χ3n) is 3.73. The van der Waals surface area contributed by atoms with E-state index in [9.17, 15) is 8.42 Å².